The Labute approximate surface area is 106 Å². The van der Waals surface area contributed by atoms with Crippen LogP contribution in [0.15, 0.2) is 24.3 Å². The van der Waals surface area contributed by atoms with Crippen molar-refractivity contribution in [3.63, 3.8) is 0 Å². The summed E-state index contributed by atoms with van der Waals surface area (Å²) in [5.74, 6) is 0. The molecule has 1 N–H and O–H groups in total. The lowest BCUT2D eigenvalue weighted by molar-refractivity contribution is 1.50. The van der Waals surface area contributed by atoms with Crippen LogP contribution in [0.5, 0.6) is 0 Å². The summed E-state index contributed by atoms with van der Waals surface area (Å²) in [6.45, 7) is 14.6. The highest BCUT2D eigenvalue weighted by Crippen LogP contribution is 2.16. The molecule has 0 aliphatic rings. The summed E-state index contributed by atoms with van der Waals surface area (Å²) in [5, 5.41) is 4.69. The Kier molecular flexibility index (Phi) is 2.86. The number of fused-ring (bicyclic) bond motifs is 1. The van der Waals surface area contributed by atoms with Gasteiger partial charge in [-0.1, -0.05) is 57.5 Å². The number of aromatic nitrogens is 1. The predicted octanol–water partition coefficient (Wildman–Crippen LogP) is 3.26. The van der Waals surface area contributed by atoms with Gasteiger partial charge in [-0.15, -0.1) is 0 Å². The van der Waals surface area contributed by atoms with E-state index in [4.69, 9.17) is 0 Å². The Morgan fingerprint density at radius 2 is 1.41 bits per heavy atom. The SMILES string of the molecule is C[Si](C)(C)c1[nH]c2ccccc2c1[Si](C)(C)C. The van der Waals surface area contributed by atoms with E-state index < -0.39 is 16.1 Å². The van der Waals surface area contributed by atoms with E-state index in [0.29, 0.717) is 0 Å². The van der Waals surface area contributed by atoms with Gasteiger partial charge in [0.25, 0.3) is 0 Å². The number of para-hydroxylation sites is 1. The maximum atomic E-state index is 3.71. The first-order chi connectivity index (χ1) is 7.71. The molecule has 0 atom stereocenters. The van der Waals surface area contributed by atoms with Crippen molar-refractivity contribution in [3.8, 4) is 0 Å². The van der Waals surface area contributed by atoms with E-state index in [9.17, 15) is 0 Å². The molecular formula is C14H23NSi2. The summed E-state index contributed by atoms with van der Waals surface area (Å²) in [6.07, 6.45) is 0. The third kappa shape index (κ3) is 2.26. The largest absolute Gasteiger partial charge is 0.362 e. The van der Waals surface area contributed by atoms with Crippen molar-refractivity contribution >= 4 is 37.6 Å². The van der Waals surface area contributed by atoms with Crippen LogP contribution in [0, 0.1) is 0 Å². The molecule has 0 aliphatic heterocycles. The third-order valence-corrected chi connectivity index (χ3v) is 7.35. The van der Waals surface area contributed by atoms with Crippen molar-refractivity contribution in [2.24, 2.45) is 0 Å². The van der Waals surface area contributed by atoms with Gasteiger partial charge < -0.3 is 4.98 Å². The molecule has 92 valence electrons. The summed E-state index contributed by atoms with van der Waals surface area (Å²) < 4.78 is 0. The number of rotatable bonds is 2. The quantitative estimate of drug-likeness (QED) is 0.799. The lowest BCUT2D eigenvalue weighted by Crippen LogP contribution is -2.55. The minimum atomic E-state index is -1.30. The van der Waals surface area contributed by atoms with Gasteiger partial charge >= 0.3 is 0 Å². The van der Waals surface area contributed by atoms with E-state index in [1.807, 2.05) is 0 Å². The topological polar surface area (TPSA) is 15.8 Å². The Balaban J connectivity index is 2.84. The van der Waals surface area contributed by atoms with Crippen molar-refractivity contribution < 1.29 is 0 Å². The first-order valence-electron chi connectivity index (χ1n) is 6.33. The van der Waals surface area contributed by atoms with E-state index >= 15 is 0 Å². The molecule has 0 unspecified atom stereocenters. The zero-order valence-corrected chi connectivity index (χ0v) is 13.8. The Morgan fingerprint density at radius 1 is 0.824 bits per heavy atom. The van der Waals surface area contributed by atoms with Crippen LogP contribution in [0.4, 0.5) is 0 Å². The lowest BCUT2D eigenvalue weighted by Gasteiger charge is -2.24. The molecule has 1 aromatic carbocycles. The summed E-state index contributed by atoms with van der Waals surface area (Å²) in [6, 6.07) is 8.78. The fourth-order valence-electron chi connectivity index (χ4n) is 2.48. The molecular weight excluding hydrogens is 238 g/mol. The van der Waals surface area contributed by atoms with Gasteiger partial charge in [0.15, 0.2) is 0 Å². The van der Waals surface area contributed by atoms with E-state index in [0.717, 1.165) is 0 Å². The summed E-state index contributed by atoms with van der Waals surface area (Å²) >= 11 is 0. The zero-order chi connectivity index (χ0) is 12.8. The molecule has 0 bridgehead atoms. The molecule has 0 radical (unpaired) electrons. The first-order valence-corrected chi connectivity index (χ1v) is 13.3. The van der Waals surface area contributed by atoms with Crippen LogP contribution in [-0.2, 0) is 0 Å². The molecule has 0 fully saturated rings. The standard InChI is InChI=1S/C14H23NSi2/c1-16(2,3)13-11-9-7-8-10-12(11)15-14(13)17(4,5)6/h7-10,15H,1-6H3. The van der Waals surface area contributed by atoms with Gasteiger partial charge in [0.2, 0.25) is 0 Å². The minimum absolute atomic E-state index is 1.29. The fourth-order valence-corrected chi connectivity index (χ4v) is 7.97. The molecule has 0 spiro atoms. The number of hydrogen-bond donors (Lipinski definition) is 1. The van der Waals surface area contributed by atoms with Crippen LogP contribution in [0.2, 0.25) is 39.3 Å². The van der Waals surface area contributed by atoms with E-state index in [-0.39, 0.29) is 0 Å². The monoisotopic (exact) mass is 261 g/mol. The number of H-pyrrole nitrogens is 1. The van der Waals surface area contributed by atoms with Gasteiger partial charge in [-0.2, -0.15) is 0 Å². The van der Waals surface area contributed by atoms with Crippen molar-refractivity contribution in [1.82, 2.24) is 4.98 Å². The highest BCUT2D eigenvalue weighted by molar-refractivity contribution is 6.99. The maximum Gasteiger partial charge on any atom is 0.0980 e. The van der Waals surface area contributed by atoms with Crippen LogP contribution in [0.25, 0.3) is 10.9 Å². The molecule has 0 saturated carbocycles. The second-order valence-electron chi connectivity index (χ2n) is 6.92. The second kappa shape index (κ2) is 3.85. The average Bonchev–Trinajstić information content (AvgIpc) is 2.54. The normalized spacial score (nSPS) is 13.3. The molecule has 3 heteroatoms. The van der Waals surface area contributed by atoms with E-state index in [2.05, 4.69) is 68.5 Å². The number of nitrogens with one attached hydrogen (secondary N) is 1. The van der Waals surface area contributed by atoms with Crippen LogP contribution in [0.1, 0.15) is 0 Å². The van der Waals surface area contributed by atoms with Crippen LogP contribution >= 0.6 is 0 Å². The number of aromatic amines is 1. The summed E-state index contributed by atoms with van der Waals surface area (Å²) in [7, 11) is -2.59. The number of hydrogen-bond acceptors (Lipinski definition) is 0. The predicted molar refractivity (Wildman–Crippen MR) is 84.3 cm³/mol. The molecule has 1 heterocycles. The van der Waals surface area contributed by atoms with Crippen molar-refractivity contribution in [1.29, 1.82) is 0 Å². The van der Waals surface area contributed by atoms with Gasteiger partial charge in [0.05, 0.1) is 16.1 Å². The van der Waals surface area contributed by atoms with Crippen molar-refractivity contribution in [3.05, 3.63) is 24.3 Å². The van der Waals surface area contributed by atoms with Gasteiger partial charge in [0, 0.05) is 5.52 Å². The van der Waals surface area contributed by atoms with Crippen molar-refractivity contribution in [2.75, 3.05) is 0 Å². The Hall–Kier alpha value is -0.806. The van der Waals surface area contributed by atoms with Gasteiger partial charge in [-0.25, -0.2) is 0 Å². The number of benzene rings is 1. The Morgan fingerprint density at radius 3 is 1.94 bits per heavy atom. The molecule has 1 nitrogen and oxygen atoms in total. The third-order valence-electron chi connectivity index (χ3n) is 3.21. The highest BCUT2D eigenvalue weighted by Gasteiger charge is 2.31. The maximum absolute atomic E-state index is 3.71. The average molecular weight is 262 g/mol. The van der Waals surface area contributed by atoms with Crippen LogP contribution in [-0.4, -0.2) is 21.1 Å². The van der Waals surface area contributed by atoms with E-state index in [1.54, 1.807) is 10.5 Å². The van der Waals surface area contributed by atoms with Crippen molar-refractivity contribution in [2.45, 2.75) is 39.3 Å². The zero-order valence-electron chi connectivity index (χ0n) is 11.8. The minimum Gasteiger partial charge on any atom is -0.362 e. The molecule has 1 aromatic heterocycles. The van der Waals surface area contributed by atoms with Crippen LogP contribution in [0.3, 0.4) is 0 Å². The summed E-state index contributed by atoms with van der Waals surface area (Å²) in [4.78, 5) is 3.71. The molecule has 0 saturated heterocycles. The van der Waals surface area contributed by atoms with Crippen LogP contribution < -0.4 is 10.5 Å². The molecule has 2 aromatic rings. The van der Waals surface area contributed by atoms with Gasteiger partial charge in [-0.05, 0) is 22.0 Å². The van der Waals surface area contributed by atoms with Gasteiger partial charge in [-0.3, -0.25) is 0 Å². The molecule has 2 rings (SSSR count). The fraction of sp³-hybridized carbons (Fsp3) is 0.429. The summed E-state index contributed by atoms with van der Waals surface area (Å²) in [5.41, 5.74) is 1.32. The highest BCUT2D eigenvalue weighted by atomic mass is 28.3. The molecule has 0 aliphatic carbocycles. The smallest absolute Gasteiger partial charge is 0.0980 e. The van der Waals surface area contributed by atoms with Gasteiger partial charge in [0.1, 0.15) is 0 Å². The Bertz CT molecular complexity index is 541. The van der Waals surface area contributed by atoms with E-state index in [1.165, 1.54) is 10.9 Å². The molecule has 0 amide bonds. The molecule has 17 heavy (non-hydrogen) atoms. The second-order valence-corrected chi connectivity index (χ2v) is 16.9. The first kappa shape index (κ1) is 12.6. The lowest BCUT2D eigenvalue weighted by atomic mass is 10.2.